The van der Waals surface area contributed by atoms with E-state index in [4.69, 9.17) is 0 Å². The normalized spacial score (nSPS) is 12.0. The van der Waals surface area contributed by atoms with Crippen LogP contribution >= 0.6 is 0 Å². The number of nitrogens with one attached hydrogen (secondary N) is 4. The van der Waals surface area contributed by atoms with Crippen LogP contribution in [0.1, 0.15) is 30.7 Å². The van der Waals surface area contributed by atoms with Crippen LogP contribution in [0.4, 0.5) is 15.8 Å². The molecule has 0 bridgehead atoms. The topological polar surface area (TPSA) is 97.6 Å². The molecule has 9 heteroatoms. The van der Waals surface area contributed by atoms with Crippen LogP contribution < -0.4 is 10.6 Å². The molecule has 0 aliphatic heterocycles. The van der Waals surface area contributed by atoms with E-state index in [2.05, 4.69) is 79.3 Å². The molecule has 4 aromatic heterocycles. The summed E-state index contributed by atoms with van der Waals surface area (Å²) in [4.78, 5) is 14.6. The Morgan fingerprint density at radius 1 is 1.05 bits per heavy atom. The van der Waals surface area contributed by atoms with Gasteiger partial charge in [-0.15, -0.1) is 0 Å². The van der Waals surface area contributed by atoms with E-state index in [-0.39, 0.29) is 5.82 Å². The molecule has 0 aliphatic carbocycles. The van der Waals surface area contributed by atoms with E-state index in [1.807, 2.05) is 51.8 Å². The van der Waals surface area contributed by atoms with Gasteiger partial charge in [0.2, 0.25) is 0 Å². The van der Waals surface area contributed by atoms with Gasteiger partial charge in [-0.25, -0.2) is 9.37 Å². The summed E-state index contributed by atoms with van der Waals surface area (Å²) in [6, 6.07) is 11.5. The number of halogens is 1. The maximum absolute atomic E-state index is 14.8. The highest BCUT2D eigenvalue weighted by atomic mass is 19.1. The summed E-state index contributed by atoms with van der Waals surface area (Å²) in [5, 5.41) is 15.2. The van der Waals surface area contributed by atoms with Crippen molar-refractivity contribution in [2.75, 3.05) is 37.8 Å². The van der Waals surface area contributed by atoms with Gasteiger partial charge in [0.1, 0.15) is 5.82 Å². The second-order valence-electron chi connectivity index (χ2n) is 11.0. The number of pyridine rings is 2. The van der Waals surface area contributed by atoms with Crippen LogP contribution in [0.25, 0.3) is 39.1 Å². The zero-order valence-electron chi connectivity index (χ0n) is 24.7. The third kappa shape index (κ3) is 6.42. The molecule has 0 fully saturated rings. The lowest BCUT2D eigenvalue weighted by atomic mass is 9.96. The first-order valence-corrected chi connectivity index (χ1v) is 14.0. The van der Waals surface area contributed by atoms with Gasteiger partial charge in [-0.2, -0.15) is 5.10 Å². The maximum Gasteiger partial charge on any atom is 0.181 e. The minimum atomic E-state index is -0.302. The van der Waals surface area contributed by atoms with Crippen LogP contribution in [0.2, 0.25) is 0 Å². The number of hydrogen-bond donors (Lipinski definition) is 4. The lowest BCUT2D eigenvalue weighted by Crippen LogP contribution is -2.20. The largest absolute Gasteiger partial charge is 0.384 e. The summed E-state index contributed by atoms with van der Waals surface area (Å²) in [5.74, 6) is -0.302. The van der Waals surface area contributed by atoms with Gasteiger partial charge < -0.3 is 20.5 Å². The number of aromatic amines is 2. The van der Waals surface area contributed by atoms with Gasteiger partial charge >= 0.3 is 0 Å². The summed E-state index contributed by atoms with van der Waals surface area (Å²) in [6.07, 6.45) is 9.10. The van der Waals surface area contributed by atoms with E-state index >= 15 is 0 Å². The van der Waals surface area contributed by atoms with E-state index < -0.39 is 0 Å². The number of H-pyrrole nitrogens is 2. The second kappa shape index (κ2) is 12.4. The smallest absolute Gasteiger partial charge is 0.181 e. The molecule has 8 nitrogen and oxygen atoms in total. The molecule has 216 valence electrons. The molecule has 0 amide bonds. The zero-order valence-corrected chi connectivity index (χ0v) is 24.7. The minimum Gasteiger partial charge on any atom is -0.384 e. The van der Waals surface area contributed by atoms with Crippen LogP contribution in [0.15, 0.2) is 73.7 Å². The van der Waals surface area contributed by atoms with Gasteiger partial charge in [-0.3, -0.25) is 10.1 Å². The average Bonchev–Trinajstić information content (AvgIpc) is 3.53. The SMILES string of the molecule is C=C/C=C(/c1cc(F)cc(NCCN(C)C)c1)c1cc(-c2[nH]nc3ncc(-c4cncc(NC(C)C)c4)cc23)[nH]c1C. The van der Waals surface area contributed by atoms with E-state index in [1.165, 1.54) is 6.07 Å². The van der Waals surface area contributed by atoms with Crippen molar-refractivity contribution in [3.05, 3.63) is 96.4 Å². The molecule has 0 spiro atoms. The molecule has 4 N–H and O–H groups in total. The summed E-state index contributed by atoms with van der Waals surface area (Å²) in [6.45, 7) is 11.7. The molecule has 42 heavy (non-hydrogen) atoms. The Kier molecular flexibility index (Phi) is 8.49. The van der Waals surface area contributed by atoms with Crippen LogP contribution in [-0.4, -0.2) is 63.3 Å². The third-order valence-corrected chi connectivity index (χ3v) is 6.89. The fourth-order valence-electron chi connectivity index (χ4n) is 4.98. The third-order valence-electron chi connectivity index (χ3n) is 6.89. The lowest BCUT2D eigenvalue weighted by Gasteiger charge is -2.14. The van der Waals surface area contributed by atoms with Crippen molar-refractivity contribution in [2.45, 2.75) is 26.8 Å². The molecule has 1 aromatic carbocycles. The Morgan fingerprint density at radius 2 is 1.86 bits per heavy atom. The molecule has 0 radical (unpaired) electrons. The monoisotopic (exact) mass is 564 g/mol. The molecule has 0 unspecified atom stereocenters. The predicted molar refractivity (Wildman–Crippen MR) is 171 cm³/mol. The highest BCUT2D eigenvalue weighted by molar-refractivity contribution is 5.94. The lowest BCUT2D eigenvalue weighted by molar-refractivity contribution is 0.425. The van der Waals surface area contributed by atoms with Crippen molar-refractivity contribution in [1.82, 2.24) is 30.0 Å². The highest BCUT2D eigenvalue weighted by Gasteiger charge is 2.18. The Morgan fingerprint density at radius 3 is 2.62 bits per heavy atom. The van der Waals surface area contributed by atoms with E-state index in [1.54, 1.807) is 12.1 Å². The number of allylic oxidation sites excluding steroid dienone is 2. The zero-order chi connectivity index (χ0) is 29.8. The molecular formula is C33H37FN8. The van der Waals surface area contributed by atoms with Crippen LogP contribution in [0.5, 0.6) is 0 Å². The molecule has 0 saturated heterocycles. The molecular weight excluding hydrogens is 527 g/mol. The number of aryl methyl sites for hydroxylation is 1. The number of rotatable bonds is 11. The fraction of sp³-hybridized carbons (Fsp3) is 0.242. The summed E-state index contributed by atoms with van der Waals surface area (Å²) in [5.41, 5.74) is 9.39. The van der Waals surface area contributed by atoms with Gasteiger partial charge in [0.15, 0.2) is 5.65 Å². The first kappa shape index (κ1) is 28.8. The average molecular weight is 565 g/mol. The highest BCUT2D eigenvalue weighted by Crippen LogP contribution is 2.35. The van der Waals surface area contributed by atoms with Crippen molar-refractivity contribution in [3.8, 4) is 22.5 Å². The molecule has 4 heterocycles. The van der Waals surface area contributed by atoms with Crippen molar-refractivity contribution in [3.63, 3.8) is 0 Å². The number of fused-ring (bicyclic) bond motifs is 1. The molecule has 0 saturated carbocycles. The first-order valence-electron chi connectivity index (χ1n) is 14.0. The number of nitrogens with zero attached hydrogens (tertiary/aromatic N) is 4. The molecule has 5 rings (SSSR count). The Balaban J connectivity index is 1.51. The van der Waals surface area contributed by atoms with Gasteiger partial charge in [-0.1, -0.05) is 18.7 Å². The van der Waals surface area contributed by atoms with Crippen LogP contribution in [0, 0.1) is 12.7 Å². The standard InChI is InChI=1S/C33H37FN8/c1-7-8-28(22-11-25(34)15-26(12-22)36-9-10-42(5)6)29-16-31(39-21(29)4)32-30-14-24(18-37-33(30)41-40-32)23-13-27(19-35-17-23)38-20(2)3/h7-8,11-20,36,38-39H,1,9-10H2,2-6H3,(H,37,40,41)/b28-8-. The second-order valence-corrected chi connectivity index (χ2v) is 11.0. The molecule has 5 aromatic rings. The van der Waals surface area contributed by atoms with Crippen LogP contribution in [0.3, 0.4) is 0 Å². The van der Waals surface area contributed by atoms with E-state index in [0.29, 0.717) is 18.2 Å². The fourth-order valence-corrected chi connectivity index (χ4v) is 4.98. The number of benzene rings is 1. The molecule has 0 atom stereocenters. The predicted octanol–water partition coefficient (Wildman–Crippen LogP) is 6.87. The Bertz CT molecular complexity index is 1740. The van der Waals surface area contributed by atoms with Crippen molar-refractivity contribution < 1.29 is 4.39 Å². The number of anilines is 2. The van der Waals surface area contributed by atoms with E-state index in [0.717, 1.165) is 68.2 Å². The van der Waals surface area contributed by atoms with Crippen molar-refractivity contribution in [1.29, 1.82) is 0 Å². The van der Waals surface area contributed by atoms with Gasteiger partial charge in [-0.05, 0) is 82.4 Å². The summed E-state index contributed by atoms with van der Waals surface area (Å²) < 4.78 is 14.8. The number of likely N-dealkylation sites (N-methyl/N-ethyl adjacent to an activating group) is 1. The number of hydrogen-bond acceptors (Lipinski definition) is 6. The van der Waals surface area contributed by atoms with Crippen molar-refractivity contribution in [2.24, 2.45) is 0 Å². The Hall–Kier alpha value is -4.76. The summed E-state index contributed by atoms with van der Waals surface area (Å²) in [7, 11) is 4.02. The van der Waals surface area contributed by atoms with Crippen LogP contribution in [-0.2, 0) is 0 Å². The van der Waals surface area contributed by atoms with Crippen molar-refractivity contribution >= 4 is 28.0 Å². The minimum absolute atomic E-state index is 0.298. The maximum atomic E-state index is 14.8. The van der Waals surface area contributed by atoms with Gasteiger partial charge in [0, 0.05) is 71.2 Å². The summed E-state index contributed by atoms with van der Waals surface area (Å²) >= 11 is 0. The number of aromatic nitrogens is 5. The quantitative estimate of drug-likeness (QED) is 0.131. The Labute approximate surface area is 245 Å². The van der Waals surface area contributed by atoms with Gasteiger partial charge in [0.05, 0.1) is 17.1 Å². The molecule has 0 aliphatic rings. The first-order chi connectivity index (χ1) is 20.2. The van der Waals surface area contributed by atoms with Gasteiger partial charge in [0.25, 0.3) is 0 Å². The van der Waals surface area contributed by atoms with E-state index in [9.17, 15) is 4.39 Å².